The average Bonchev–Trinajstić information content (AvgIpc) is 2.67. The minimum atomic E-state index is -1.13. The van der Waals surface area contributed by atoms with Gasteiger partial charge in [-0.25, -0.2) is 0 Å². The molecule has 0 unspecified atom stereocenters. The van der Waals surface area contributed by atoms with Crippen LogP contribution in [-0.4, -0.2) is 134 Å². The molecule has 8 N–H and O–H groups in total. The summed E-state index contributed by atoms with van der Waals surface area (Å²) < 4.78 is 20.6. The quantitative estimate of drug-likeness (QED) is 0.110. The van der Waals surface area contributed by atoms with E-state index in [1.54, 1.807) is 0 Å². The van der Waals surface area contributed by atoms with Gasteiger partial charge in [-0.15, -0.1) is 0 Å². The summed E-state index contributed by atoms with van der Waals surface area (Å²) in [5.41, 5.74) is 0. The molecule has 0 rings (SSSR count). The second kappa shape index (κ2) is 30.2. The number of nitrogens with one attached hydrogen (secondary N) is 8. The minimum absolute atomic E-state index is 0.0737. The van der Waals surface area contributed by atoms with E-state index in [9.17, 15) is 38.4 Å². The van der Waals surface area contributed by atoms with Crippen LogP contribution in [-0.2, 0) is 38.4 Å². The molecule has 36 heavy (non-hydrogen) atoms. The molecule has 8 radical (unpaired) electrons. The standard InChI is InChI=1S/8C2H5NO.4Sn/c8*1-2(3)4;;;;/h8*1H3,(H2,3,4);;;;/q;;;;;;;;4*+2/p-8. The van der Waals surface area contributed by atoms with Gasteiger partial charge in [0.25, 0.3) is 0 Å². The van der Waals surface area contributed by atoms with Gasteiger partial charge >= 0.3 is 256 Å². The molecule has 0 aromatic rings. The van der Waals surface area contributed by atoms with Crippen molar-refractivity contribution in [2.45, 2.75) is 55.4 Å². The molecule has 0 aromatic heterocycles. The van der Waals surface area contributed by atoms with E-state index in [1.165, 1.54) is 55.4 Å². The first-order valence-corrected chi connectivity index (χ1v) is 21.0. The van der Waals surface area contributed by atoms with Crippen LogP contribution in [0.4, 0.5) is 0 Å². The fourth-order valence-corrected chi connectivity index (χ4v) is 5.56. The van der Waals surface area contributed by atoms with Gasteiger partial charge in [-0.2, -0.15) is 0 Å². The molecule has 0 saturated heterocycles. The Labute approximate surface area is 253 Å². The SMILES string of the molecule is CC(=O)[NH][Sn][NH]C(C)=O.CC(=O)[NH][Sn][NH]C(C)=O.CC(=O)[NH][Sn][NH]C(C)=O.CC(=O)[NH][Sn][NH]C(C)=O. The molecule has 200 valence electrons. The molecule has 0 aliphatic rings. The molecule has 0 heterocycles. The Morgan fingerprint density at radius 1 is 0.278 bits per heavy atom. The summed E-state index contributed by atoms with van der Waals surface area (Å²) in [5.74, 6) is -0.590. The third-order valence-electron chi connectivity index (χ3n) is 1.91. The molecule has 20 heteroatoms. The second-order valence-corrected chi connectivity index (χ2v) is 14.5. The zero-order chi connectivity index (χ0) is 29.1. The van der Waals surface area contributed by atoms with Crippen molar-refractivity contribution >= 4 is 134 Å². The summed E-state index contributed by atoms with van der Waals surface area (Å²) in [7, 11) is 0. The Bertz CT molecular complexity index is 567. The number of rotatable bonds is 8. The van der Waals surface area contributed by atoms with E-state index in [0.29, 0.717) is 0 Å². The summed E-state index contributed by atoms with van der Waals surface area (Å²) in [6.07, 6.45) is 0. The predicted molar refractivity (Wildman–Crippen MR) is 134 cm³/mol. The van der Waals surface area contributed by atoms with Gasteiger partial charge in [-0.3, -0.25) is 0 Å². The van der Waals surface area contributed by atoms with Crippen LogP contribution in [0.25, 0.3) is 0 Å². The maximum absolute atomic E-state index is 10.2. The molecule has 0 fully saturated rings. The number of hydrogen-bond donors (Lipinski definition) is 8. The maximum atomic E-state index is 10.2. The third-order valence-corrected chi connectivity index (χ3v) is 12.8. The van der Waals surface area contributed by atoms with Gasteiger partial charge in [0.1, 0.15) is 0 Å². The van der Waals surface area contributed by atoms with Gasteiger partial charge in [0.2, 0.25) is 0 Å². The van der Waals surface area contributed by atoms with Crippen molar-refractivity contribution in [1.82, 2.24) is 28.3 Å². The topological polar surface area (TPSA) is 233 Å². The van der Waals surface area contributed by atoms with Gasteiger partial charge in [-0.05, 0) is 0 Å². The third kappa shape index (κ3) is 63.9. The molecular weight excluding hydrogens is 907 g/mol. The van der Waals surface area contributed by atoms with Crippen molar-refractivity contribution in [3.63, 3.8) is 0 Å². The number of hydrogen-bond acceptors (Lipinski definition) is 8. The van der Waals surface area contributed by atoms with Gasteiger partial charge in [0.05, 0.1) is 0 Å². The first-order chi connectivity index (χ1) is 16.5. The molecule has 0 saturated carbocycles. The Morgan fingerprint density at radius 3 is 0.417 bits per heavy atom. The van der Waals surface area contributed by atoms with Gasteiger partial charge in [-0.1, -0.05) is 0 Å². The van der Waals surface area contributed by atoms with Crippen LogP contribution in [0.3, 0.4) is 0 Å². The van der Waals surface area contributed by atoms with E-state index in [1.807, 2.05) is 0 Å². The summed E-state index contributed by atoms with van der Waals surface area (Å²) >= 11 is -4.51. The van der Waals surface area contributed by atoms with E-state index in [2.05, 4.69) is 28.3 Å². The van der Waals surface area contributed by atoms with E-state index < -0.39 is 86.8 Å². The predicted octanol–water partition coefficient (Wildman–Crippen LogP) is -4.83. The molecule has 0 spiro atoms. The zero-order valence-electron chi connectivity index (χ0n) is 21.3. The van der Waals surface area contributed by atoms with Crippen molar-refractivity contribution in [2.24, 2.45) is 0 Å². The van der Waals surface area contributed by atoms with Crippen molar-refractivity contribution < 1.29 is 38.4 Å². The number of carbonyl (C=O) groups excluding carboxylic acids is 8. The Balaban J connectivity index is -0.000000190. The van der Waals surface area contributed by atoms with Crippen molar-refractivity contribution in [3.05, 3.63) is 0 Å². The molecule has 0 aromatic carbocycles. The second-order valence-electron chi connectivity index (χ2n) is 5.95. The van der Waals surface area contributed by atoms with E-state index in [-0.39, 0.29) is 47.3 Å². The Hall–Kier alpha value is -1.05. The van der Waals surface area contributed by atoms with Crippen LogP contribution in [0.1, 0.15) is 55.4 Å². The van der Waals surface area contributed by atoms with Crippen molar-refractivity contribution in [2.75, 3.05) is 0 Å². The molecule has 8 amide bonds. The normalized spacial score (nSPS) is 8.22. The van der Waals surface area contributed by atoms with Crippen LogP contribution in [0.15, 0.2) is 0 Å². The van der Waals surface area contributed by atoms with Gasteiger partial charge in [0, 0.05) is 0 Å². The number of amides is 8. The van der Waals surface area contributed by atoms with Crippen LogP contribution in [0.5, 0.6) is 0 Å². The van der Waals surface area contributed by atoms with Gasteiger partial charge < -0.3 is 0 Å². The first-order valence-electron chi connectivity index (χ1n) is 9.63. The van der Waals surface area contributed by atoms with Crippen LogP contribution < -0.4 is 28.3 Å². The monoisotopic (exact) mass is 944 g/mol. The Kier molecular flexibility index (Phi) is 35.3. The fourth-order valence-electron chi connectivity index (χ4n) is 0.829. The van der Waals surface area contributed by atoms with Gasteiger partial charge in [0.15, 0.2) is 0 Å². The Morgan fingerprint density at radius 2 is 0.361 bits per heavy atom. The molecule has 0 aliphatic heterocycles. The summed E-state index contributed by atoms with van der Waals surface area (Å²) in [5, 5.41) is 0. The number of carbonyl (C=O) groups is 8. The van der Waals surface area contributed by atoms with E-state index >= 15 is 0 Å². The molecule has 16 nitrogen and oxygen atoms in total. The summed E-state index contributed by atoms with van der Waals surface area (Å²) in [6, 6.07) is 0. The molecule has 0 atom stereocenters. The molecule has 0 bridgehead atoms. The summed E-state index contributed by atoms with van der Waals surface area (Å²) in [6.45, 7) is 11.5. The van der Waals surface area contributed by atoms with Crippen LogP contribution in [0.2, 0.25) is 0 Å². The summed E-state index contributed by atoms with van der Waals surface area (Å²) in [4.78, 5) is 81.6. The zero-order valence-corrected chi connectivity index (χ0v) is 32.7. The average molecular weight is 939 g/mol. The van der Waals surface area contributed by atoms with Crippen molar-refractivity contribution in [3.8, 4) is 0 Å². The molecular formula is C16H32N8O8Sn4. The fraction of sp³-hybridized carbons (Fsp3) is 0.500. The van der Waals surface area contributed by atoms with Crippen molar-refractivity contribution in [1.29, 1.82) is 0 Å². The van der Waals surface area contributed by atoms with Crippen LogP contribution in [0, 0.1) is 0 Å². The molecule has 0 aliphatic carbocycles. The van der Waals surface area contributed by atoms with E-state index in [4.69, 9.17) is 0 Å². The van der Waals surface area contributed by atoms with E-state index in [0.717, 1.165) is 0 Å². The van der Waals surface area contributed by atoms with Crippen LogP contribution >= 0.6 is 0 Å². The first kappa shape index (κ1) is 42.1.